The van der Waals surface area contributed by atoms with Crippen LogP contribution in [0.1, 0.15) is 18.4 Å². The Bertz CT molecular complexity index is 952. The molecular formula is C20H20ClF2N3O3. The van der Waals surface area contributed by atoms with E-state index in [1.54, 1.807) is 6.07 Å². The van der Waals surface area contributed by atoms with Gasteiger partial charge in [-0.25, -0.2) is 0 Å². The monoisotopic (exact) mass is 423 g/mol. The van der Waals surface area contributed by atoms with Crippen molar-refractivity contribution in [2.75, 3.05) is 13.7 Å². The highest BCUT2D eigenvalue weighted by Gasteiger charge is 2.16. The molecular weight excluding hydrogens is 404 g/mol. The van der Waals surface area contributed by atoms with Gasteiger partial charge in [-0.3, -0.25) is 4.90 Å². The number of hydrogen-bond acceptors (Lipinski definition) is 6. The lowest BCUT2D eigenvalue weighted by Gasteiger charge is -2.18. The zero-order valence-corrected chi connectivity index (χ0v) is 16.7. The quantitative estimate of drug-likeness (QED) is 0.481. The molecule has 0 saturated carbocycles. The molecule has 2 aromatic carbocycles. The first kappa shape index (κ1) is 21.0. The highest BCUT2D eigenvalue weighted by atomic mass is 35.5. The maximum absolute atomic E-state index is 12.5. The van der Waals surface area contributed by atoms with Crippen LogP contribution in [-0.4, -0.2) is 35.3 Å². The topological polar surface area (TPSA) is 60.6 Å². The normalized spacial score (nSPS) is 11.3. The van der Waals surface area contributed by atoms with E-state index in [2.05, 4.69) is 19.8 Å². The average Bonchev–Trinajstić information content (AvgIpc) is 3.17. The fourth-order valence-corrected chi connectivity index (χ4v) is 2.97. The number of aromatic nitrogens is 2. The Morgan fingerprint density at radius 1 is 1.14 bits per heavy atom. The standard InChI is InChI=1S/C20H20ClF2N3O3/c1-3-26(11-14-6-4-5-7-15(14)21)12-18-24-19(25-29-18)13-8-9-16(28-20(22)23)17(10-13)27-2/h4-10,20H,3,11-12H2,1-2H3. The molecule has 9 heteroatoms. The van der Waals surface area contributed by atoms with E-state index in [0.29, 0.717) is 35.4 Å². The van der Waals surface area contributed by atoms with Gasteiger partial charge < -0.3 is 14.0 Å². The Balaban J connectivity index is 1.73. The molecule has 0 aliphatic rings. The third-order valence-corrected chi connectivity index (χ3v) is 4.63. The van der Waals surface area contributed by atoms with E-state index < -0.39 is 6.61 Å². The molecule has 154 valence electrons. The smallest absolute Gasteiger partial charge is 0.387 e. The molecule has 0 bridgehead atoms. The minimum Gasteiger partial charge on any atom is -0.493 e. The van der Waals surface area contributed by atoms with Crippen LogP contribution in [0.3, 0.4) is 0 Å². The molecule has 6 nitrogen and oxygen atoms in total. The number of rotatable bonds is 9. The summed E-state index contributed by atoms with van der Waals surface area (Å²) in [5.74, 6) is 0.853. The summed E-state index contributed by atoms with van der Waals surface area (Å²) in [6.07, 6.45) is 0. The van der Waals surface area contributed by atoms with Crippen LogP contribution in [0.2, 0.25) is 5.02 Å². The van der Waals surface area contributed by atoms with E-state index in [-0.39, 0.29) is 11.5 Å². The van der Waals surface area contributed by atoms with Gasteiger partial charge in [-0.2, -0.15) is 13.8 Å². The van der Waals surface area contributed by atoms with E-state index in [1.165, 1.54) is 19.2 Å². The van der Waals surface area contributed by atoms with E-state index >= 15 is 0 Å². The SMILES string of the molecule is CCN(Cc1nc(-c2ccc(OC(F)F)c(OC)c2)no1)Cc1ccccc1Cl. The van der Waals surface area contributed by atoms with E-state index in [1.807, 2.05) is 31.2 Å². The molecule has 0 fully saturated rings. The van der Waals surface area contributed by atoms with Gasteiger partial charge in [-0.05, 0) is 36.4 Å². The fraction of sp³-hybridized carbons (Fsp3) is 0.300. The number of methoxy groups -OCH3 is 1. The summed E-state index contributed by atoms with van der Waals surface area (Å²) in [6.45, 7) is 0.932. The van der Waals surface area contributed by atoms with Gasteiger partial charge in [0.25, 0.3) is 0 Å². The Morgan fingerprint density at radius 3 is 2.62 bits per heavy atom. The molecule has 1 aromatic heterocycles. The summed E-state index contributed by atoms with van der Waals surface area (Å²) >= 11 is 6.24. The summed E-state index contributed by atoms with van der Waals surface area (Å²) < 4.78 is 39.8. The highest BCUT2D eigenvalue weighted by molar-refractivity contribution is 6.31. The first-order valence-corrected chi connectivity index (χ1v) is 9.29. The van der Waals surface area contributed by atoms with Crippen LogP contribution >= 0.6 is 11.6 Å². The number of alkyl halides is 2. The average molecular weight is 424 g/mol. The zero-order valence-electron chi connectivity index (χ0n) is 15.9. The molecule has 1 heterocycles. The number of benzene rings is 2. The number of nitrogens with zero attached hydrogens (tertiary/aromatic N) is 3. The summed E-state index contributed by atoms with van der Waals surface area (Å²) in [5.41, 5.74) is 1.57. The molecule has 0 radical (unpaired) electrons. The Kier molecular flexibility index (Phi) is 7.00. The van der Waals surface area contributed by atoms with Crippen molar-refractivity contribution in [2.24, 2.45) is 0 Å². The lowest BCUT2D eigenvalue weighted by Crippen LogP contribution is -2.22. The zero-order chi connectivity index (χ0) is 20.8. The third-order valence-electron chi connectivity index (χ3n) is 4.26. The Morgan fingerprint density at radius 2 is 1.93 bits per heavy atom. The van der Waals surface area contributed by atoms with E-state index in [0.717, 1.165) is 12.1 Å². The molecule has 0 unspecified atom stereocenters. The molecule has 0 saturated heterocycles. The molecule has 29 heavy (non-hydrogen) atoms. The van der Waals surface area contributed by atoms with Crippen LogP contribution in [0, 0.1) is 0 Å². The van der Waals surface area contributed by atoms with Crippen LogP contribution in [-0.2, 0) is 13.1 Å². The van der Waals surface area contributed by atoms with Gasteiger partial charge in [0, 0.05) is 17.1 Å². The maximum Gasteiger partial charge on any atom is 0.387 e. The molecule has 0 N–H and O–H groups in total. The number of hydrogen-bond donors (Lipinski definition) is 0. The van der Waals surface area contributed by atoms with Crippen molar-refractivity contribution in [3.63, 3.8) is 0 Å². The van der Waals surface area contributed by atoms with Crippen molar-refractivity contribution in [3.8, 4) is 22.9 Å². The van der Waals surface area contributed by atoms with Crippen molar-refractivity contribution < 1.29 is 22.8 Å². The van der Waals surface area contributed by atoms with Gasteiger partial charge >= 0.3 is 6.61 Å². The molecule has 0 atom stereocenters. The minimum absolute atomic E-state index is 0.0631. The number of halogens is 3. The highest BCUT2D eigenvalue weighted by Crippen LogP contribution is 2.32. The first-order valence-electron chi connectivity index (χ1n) is 8.91. The summed E-state index contributed by atoms with van der Waals surface area (Å²) in [5, 5.41) is 4.69. The molecule has 0 amide bonds. The van der Waals surface area contributed by atoms with Crippen molar-refractivity contribution in [1.82, 2.24) is 15.0 Å². The number of ether oxygens (including phenoxy) is 2. The third kappa shape index (κ3) is 5.42. The molecule has 0 aliphatic carbocycles. The molecule has 0 aliphatic heterocycles. The van der Waals surface area contributed by atoms with Gasteiger partial charge in [0.15, 0.2) is 11.5 Å². The summed E-state index contributed by atoms with van der Waals surface area (Å²) in [6, 6.07) is 12.1. The van der Waals surface area contributed by atoms with Crippen molar-refractivity contribution in [1.29, 1.82) is 0 Å². The second kappa shape index (κ2) is 9.67. The van der Waals surface area contributed by atoms with Gasteiger partial charge in [0.2, 0.25) is 11.7 Å². The van der Waals surface area contributed by atoms with Crippen molar-refractivity contribution >= 4 is 11.6 Å². The Hall–Kier alpha value is -2.71. The van der Waals surface area contributed by atoms with Crippen molar-refractivity contribution in [2.45, 2.75) is 26.6 Å². The van der Waals surface area contributed by atoms with E-state index in [4.69, 9.17) is 20.9 Å². The molecule has 0 spiro atoms. The molecule has 3 rings (SSSR count). The fourth-order valence-electron chi connectivity index (χ4n) is 2.77. The maximum atomic E-state index is 12.5. The predicted octanol–water partition coefficient (Wildman–Crippen LogP) is 5.02. The van der Waals surface area contributed by atoms with Crippen LogP contribution in [0.25, 0.3) is 11.4 Å². The lowest BCUT2D eigenvalue weighted by atomic mass is 10.2. The summed E-state index contributed by atoms with van der Waals surface area (Å²) in [7, 11) is 1.37. The van der Waals surface area contributed by atoms with Crippen LogP contribution in [0.5, 0.6) is 11.5 Å². The minimum atomic E-state index is -2.94. The van der Waals surface area contributed by atoms with Crippen LogP contribution in [0.4, 0.5) is 8.78 Å². The van der Waals surface area contributed by atoms with Crippen LogP contribution < -0.4 is 9.47 Å². The lowest BCUT2D eigenvalue weighted by molar-refractivity contribution is -0.0512. The second-order valence-corrected chi connectivity index (χ2v) is 6.56. The first-order chi connectivity index (χ1) is 14.0. The molecule has 3 aromatic rings. The summed E-state index contributed by atoms with van der Waals surface area (Å²) in [4.78, 5) is 6.51. The van der Waals surface area contributed by atoms with E-state index in [9.17, 15) is 8.78 Å². The van der Waals surface area contributed by atoms with Crippen LogP contribution in [0.15, 0.2) is 47.0 Å². The second-order valence-electron chi connectivity index (χ2n) is 6.15. The van der Waals surface area contributed by atoms with Gasteiger partial charge in [-0.15, -0.1) is 0 Å². The van der Waals surface area contributed by atoms with Crippen molar-refractivity contribution in [3.05, 3.63) is 58.9 Å². The Labute approximate surface area is 172 Å². The van der Waals surface area contributed by atoms with Gasteiger partial charge in [0.05, 0.1) is 13.7 Å². The van der Waals surface area contributed by atoms with Gasteiger partial charge in [-0.1, -0.05) is 41.9 Å². The van der Waals surface area contributed by atoms with Gasteiger partial charge in [0.1, 0.15) is 0 Å². The predicted molar refractivity (Wildman–Crippen MR) is 104 cm³/mol. The largest absolute Gasteiger partial charge is 0.493 e.